The number of halogens is 3. The number of rotatable bonds is 1. The summed E-state index contributed by atoms with van der Waals surface area (Å²) >= 11 is 10.5. The van der Waals surface area contributed by atoms with Gasteiger partial charge < -0.3 is 4.57 Å². The van der Waals surface area contributed by atoms with Crippen molar-refractivity contribution in [2.45, 2.75) is 38.1 Å². The zero-order valence-corrected chi connectivity index (χ0v) is 12.4. The highest BCUT2D eigenvalue weighted by Gasteiger charge is 2.21. The van der Waals surface area contributed by atoms with Crippen molar-refractivity contribution < 1.29 is 0 Å². The van der Waals surface area contributed by atoms with Crippen LogP contribution in [0.15, 0.2) is 13.9 Å². The van der Waals surface area contributed by atoms with Gasteiger partial charge in [0, 0.05) is 6.04 Å². The van der Waals surface area contributed by atoms with Crippen LogP contribution in [0.4, 0.5) is 0 Å². The zero-order valence-electron chi connectivity index (χ0n) is 7.64. The van der Waals surface area contributed by atoms with E-state index in [-0.39, 0.29) is 0 Å². The fourth-order valence-electron chi connectivity index (χ4n) is 2.01. The van der Waals surface area contributed by atoms with E-state index in [0.29, 0.717) is 6.04 Å². The Balaban J connectivity index is 2.29. The number of imidazole rings is 1. The molecule has 14 heavy (non-hydrogen) atoms. The molecule has 1 aliphatic rings. The molecule has 2 rings (SSSR count). The van der Waals surface area contributed by atoms with Crippen LogP contribution in [0.3, 0.4) is 0 Å². The lowest BCUT2D eigenvalue weighted by Gasteiger charge is -2.24. The summed E-state index contributed by atoms with van der Waals surface area (Å²) in [5, 5.41) is 0. The molecule has 0 aromatic carbocycles. The minimum absolute atomic E-state index is 0.603. The monoisotopic (exact) mass is 384 g/mol. The molecule has 1 heterocycles. The van der Waals surface area contributed by atoms with E-state index in [2.05, 4.69) is 57.3 Å². The van der Waals surface area contributed by atoms with Gasteiger partial charge in [0.2, 0.25) is 0 Å². The Morgan fingerprint density at radius 2 is 1.71 bits per heavy atom. The molecule has 1 aliphatic carbocycles. The van der Waals surface area contributed by atoms with Crippen molar-refractivity contribution in [3.05, 3.63) is 13.9 Å². The molecule has 0 aliphatic heterocycles. The Morgan fingerprint density at radius 1 is 1.07 bits per heavy atom. The van der Waals surface area contributed by atoms with E-state index in [1.807, 2.05) is 0 Å². The first kappa shape index (κ1) is 11.1. The van der Waals surface area contributed by atoms with Gasteiger partial charge >= 0.3 is 0 Å². The fourth-order valence-corrected chi connectivity index (χ4v) is 4.04. The normalized spacial score (nSPS) is 18.8. The minimum Gasteiger partial charge on any atom is -0.309 e. The van der Waals surface area contributed by atoms with Crippen molar-refractivity contribution in [3.8, 4) is 0 Å². The Labute approximate surface area is 109 Å². The second-order valence-electron chi connectivity index (χ2n) is 3.62. The van der Waals surface area contributed by atoms with Crippen LogP contribution in [0.25, 0.3) is 0 Å². The summed E-state index contributed by atoms with van der Waals surface area (Å²) < 4.78 is 5.10. The highest BCUT2D eigenvalue weighted by atomic mass is 79.9. The van der Waals surface area contributed by atoms with Crippen LogP contribution in [0.1, 0.15) is 38.1 Å². The third-order valence-corrected chi connectivity index (χ3v) is 5.11. The highest BCUT2D eigenvalue weighted by Crippen LogP contribution is 2.36. The van der Waals surface area contributed by atoms with Crippen molar-refractivity contribution >= 4 is 47.8 Å². The maximum absolute atomic E-state index is 4.34. The van der Waals surface area contributed by atoms with Gasteiger partial charge in [-0.05, 0) is 60.6 Å². The lowest BCUT2D eigenvalue weighted by atomic mass is 9.95. The molecular weight excluding hydrogens is 376 g/mol. The van der Waals surface area contributed by atoms with Crippen molar-refractivity contribution in [2.75, 3.05) is 0 Å². The first-order valence-corrected chi connectivity index (χ1v) is 7.17. The van der Waals surface area contributed by atoms with Crippen LogP contribution in [0.2, 0.25) is 0 Å². The molecule has 0 unspecified atom stereocenters. The maximum Gasteiger partial charge on any atom is 0.179 e. The molecule has 0 N–H and O–H groups in total. The van der Waals surface area contributed by atoms with E-state index in [9.17, 15) is 0 Å². The molecule has 1 fully saturated rings. The van der Waals surface area contributed by atoms with E-state index in [1.165, 1.54) is 32.1 Å². The third kappa shape index (κ3) is 2.09. The summed E-state index contributed by atoms with van der Waals surface area (Å²) in [6.45, 7) is 0. The van der Waals surface area contributed by atoms with Crippen LogP contribution < -0.4 is 0 Å². The quantitative estimate of drug-likeness (QED) is 0.685. The van der Waals surface area contributed by atoms with Gasteiger partial charge in [0.25, 0.3) is 0 Å². The largest absolute Gasteiger partial charge is 0.309 e. The molecule has 1 aromatic rings. The molecule has 0 radical (unpaired) electrons. The number of aromatic nitrogens is 2. The van der Waals surface area contributed by atoms with Gasteiger partial charge in [-0.2, -0.15) is 0 Å². The fraction of sp³-hybridized carbons (Fsp3) is 0.667. The summed E-state index contributed by atoms with van der Waals surface area (Å²) in [7, 11) is 0. The Hall–Kier alpha value is 0.650. The van der Waals surface area contributed by atoms with E-state index in [1.54, 1.807) is 0 Å². The first-order valence-electron chi connectivity index (χ1n) is 4.79. The first-order chi connectivity index (χ1) is 6.70. The molecule has 1 aromatic heterocycles. The molecule has 0 amide bonds. The molecule has 5 heteroatoms. The Kier molecular flexibility index (Phi) is 3.71. The van der Waals surface area contributed by atoms with Crippen LogP contribution in [-0.2, 0) is 0 Å². The molecular formula is C9H11Br3N2. The molecule has 0 saturated heterocycles. The van der Waals surface area contributed by atoms with Gasteiger partial charge in [-0.3, -0.25) is 0 Å². The Morgan fingerprint density at radius 3 is 2.21 bits per heavy atom. The summed E-state index contributed by atoms with van der Waals surface area (Å²) in [5.74, 6) is 0. The number of hydrogen-bond donors (Lipinski definition) is 0. The predicted molar refractivity (Wildman–Crippen MR) is 67.4 cm³/mol. The lowest BCUT2D eigenvalue weighted by Crippen LogP contribution is -2.13. The minimum atomic E-state index is 0.603. The highest BCUT2D eigenvalue weighted by molar-refractivity contribution is 9.13. The number of hydrogen-bond acceptors (Lipinski definition) is 1. The standard InChI is InChI=1S/C9H11Br3N2/c10-7-8(11)14(9(12)13-7)6-4-2-1-3-5-6/h6H,1-5H2. The van der Waals surface area contributed by atoms with Gasteiger partial charge in [-0.1, -0.05) is 19.3 Å². The van der Waals surface area contributed by atoms with Crippen molar-refractivity contribution in [2.24, 2.45) is 0 Å². The second-order valence-corrected chi connectivity index (χ2v) is 5.84. The summed E-state index contributed by atoms with van der Waals surface area (Å²) in [6.07, 6.45) is 6.57. The van der Waals surface area contributed by atoms with E-state index < -0.39 is 0 Å². The molecule has 2 nitrogen and oxygen atoms in total. The van der Waals surface area contributed by atoms with Gasteiger partial charge in [0.05, 0.1) is 0 Å². The van der Waals surface area contributed by atoms with E-state index >= 15 is 0 Å². The van der Waals surface area contributed by atoms with Crippen molar-refractivity contribution in [1.82, 2.24) is 9.55 Å². The van der Waals surface area contributed by atoms with E-state index in [4.69, 9.17) is 0 Å². The molecule has 0 spiro atoms. The van der Waals surface area contributed by atoms with Gasteiger partial charge in [0.15, 0.2) is 4.73 Å². The summed E-state index contributed by atoms with van der Waals surface area (Å²) in [4.78, 5) is 4.34. The van der Waals surface area contributed by atoms with Crippen LogP contribution >= 0.6 is 47.8 Å². The average Bonchev–Trinajstić information content (AvgIpc) is 2.43. The molecule has 78 valence electrons. The van der Waals surface area contributed by atoms with E-state index in [0.717, 1.165) is 13.9 Å². The molecule has 1 saturated carbocycles. The smallest absolute Gasteiger partial charge is 0.179 e. The number of nitrogens with zero attached hydrogens (tertiary/aromatic N) is 2. The predicted octanol–water partition coefficient (Wildman–Crippen LogP) is 4.68. The van der Waals surface area contributed by atoms with Gasteiger partial charge in [-0.15, -0.1) is 0 Å². The molecule has 0 bridgehead atoms. The average molecular weight is 387 g/mol. The van der Waals surface area contributed by atoms with Crippen molar-refractivity contribution in [1.29, 1.82) is 0 Å². The zero-order chi connectivity index (χ0) is 10.1. The van der Waals surface area contributed by atoms with Crippen LogP contribution in [0.5, 0.6) is 0 Å². The molecule has 0 atom stereocenters. The Bertz CT molecular complexity index is 329. The van der Waals surface area contributed by atoms with Crippen LogP contribution in [-0.4, -0.2) is 9.55 Å². The third-order valence-electron chi connectivity index (χ3n) is 2.71. The summed E-state index contributed by atoms with van der Waals surface area (Å²) in [6, 6.07) is 0.603. The van der Waals surface area contributed by atoms with Gasteiger partial charge in [0.1, 0.15) is 9.21 Å². The van der Waals surface area contributed by atoms with Gasteiger partial charge in [-0.25, -0.2) is 4.98 Å². The lowest BCUT2D eigenvalue weighted by molar-refractivity contribution is 0.345. The SMILES string of the molecule is Brc1nc(Br)n(C2CCCCC2)c1Br. The van der Waals surface area contributed by atoms with Crippen molar-refractivity contribution in [3.63, 3.8) is 0 Å². The topological polar surface area (TPSA) is 17.8 Å². The maximum atomic E-state index is 4.34. The summed E-state index contributed by atoms with van der Waals surface area (Å²) in [5.41, 5.74) is 0. The van der Waals surface area contributed by atoms with Crippen LogP contribution in [0, 0.1) is 0 Å². The second kappa shape index (κ2) is 4.66.